The van der Waals surface area contributed by atoms with Gasteiger partial charge in [0.1, 0.15) is 0 Å². The molecule has 3 nitrogen and oxygen atoms in total. The Morgan fingerprint density at radius 1 is 1.25 bits per heavy atom. The molecule has 1 saturated heterocycles. The van der Waals surface area contributed by atoms with Crippen molar-refractivity contribution in [2.45, 2.75) is 38.5 Å². The van der Waals surface area contributed by atoms with E-state index in [-0.39, 0.29) is 5.91 Å². The number of nitrogens with zero attached hydrogens (tertiary/aromatic N) is 2. The van der Waals surface area contributed by atoms with Crippen LogP contribution in [0.25, 0.3) is 0 Å². The summed E-state index contributed by atoms with van der Waals surface area (Å²) in [6.07, 6.45) is 3.88. The highest BCUT2D eigenvalue weighted by molar-refractivity contribution is 6.30. The van der Waals surface area contributed by atoms with E-state index < -0.39 is 0 Å². The number of carbonyl (C=O) groups is 1. The smallest absolute Gasteiger partial charge is 0.253 e. The first-order valence-electron chi connectivity index (χ1n) is 8.55. The summed E-state index contributed by atoms with van der Waals surface area (Å²) in [4.78, 5) is 19.2. The molecule has 0 bridgehead atoms. The molecule has 1 aliphatic heterocycles. The highest BCUT2D eigenvalue weighted by Gasteiger charge is 2.25. The average Bonchev–Trinajstić information content (AvgIpc) is 2.62. The van der Waals surface area contributed by atoms with Crippen molar-refractivity contribution in [1.82, 2.24) is 9.88 Å². The van der Waals surface area contributed by atoms with E-state index in [4.69, 9.17) is 11.6 Å². The highest BCUT2D eigenvalue weighted by atomic mass is 35.5. The Bertz CT molecular complexity index is 712. The van der Waals surface area contributed by atoms with Gasteiger partial charge >= 0.3 is 0 Å². The highest BCUT2D eigenvalue weighted by Crippen LogP contribution is 2.28. The normalized spacial score (nSPS) is 18.0. The molecule has 126 valence electrons. The summed E-state index contributed by atoms with van der Waals surface area (Å²) in [5.41, 5.74) is 2.96. The number of hydrogen-bond acceptors (Lipinski definition) is 2. The monoisotopic (exact) mass is 342 g/mol. The summed E-state index contributed by atoms with van der Waals surface area (Å²) in [6, 6.07) is 11.7. The quantitative estimate of drug-likeness (QED) is 0.796. The van der Waals surface area contributed by atoms with Crippen molar-refractivity contribution in [3.63, 3.8) is 0 Å². The van der Waals surface area contributed by atoms with Gasteiger partial charge in [0.2, 0.25) is 0 Å². The maximum absolute atomic E-state index is 12.9. The van der Waals surface area contributed by atoms with Crippen LogP contribution in [0.4, 0.5) is 0 Å². The molecule has 3 rings (SSSR count). The van der Waals surface area contributed by atoms with Gasteiger partial charge in [0, 0.05) is 41.5 Å². The molecule has 24 heavy (non-hydrogen) atoms. The molecule has 1 aliphatic rings. The zero-order chi connectivity index (χ0) is 17.1. The first kappa shape index (κ1) is 17.0. The molecule has 0 radical (unpaired) electrons. The molecule has 1 fully saturated rings. The third-order valence-corrected chi connectivity index (χ3v) is 4.92. The predicted octanol–water partition coefficient (Wildman–Crippen LogP) is 4.88. The van der Waals surface area contributed by atoms with Gasteiger partial charge in [0.15, 0.2) is 0 Å². The van der Waals surface area contributed by atoms with E-state index in [0.29, 0.717) is 11.8 Å². The lowest BCUT2D eigenvalue weighted by Gasteiger charge is -2.33. The molecule has 1 atom stereocenters. The number of rotatable bonds is 3. The van der Waals surface area contributed by atoms with Crippen LogP contribution in [0.1, 0.15) is 60.1 Å². The topological polar surface area (TPSA) is 33.2 Å². The molecular weight excluding hydrogens is 320 g/mol. The van der Waals surface area contributed by atoms with Gasteiger partial charge in [-0.25, -0.2) is 0 Å². The molecule has 2 heterocycles. The van der Waals surface area contributed by atoms with Crippen molar-refractivity contribution < 1.29 is 4.79 Å². The minimum absolute atomic E-state index is 0.109. The standard InChI is InChI=1S/C20H23ClN2O/c1-14(2)19-12-16(9-10-22-19)20(24)23-11-3-4-17(13-23)15-5-7-18(21)8-6-15/h5-10,12,14,17H,3-4,11,13H2,1-2H3/t17-/m0/s1. The molecule has 0 N–H and O–H groups in total. The van der Waals surface area contributed by atoms with Crippen molar-refractivity contribution in [2.75, 3.05) is 13.1 Å². The average molecular weight is 343 g/mol. The van der Waals surface area contributed by atoms with Crippen LogP contribution < -0.4 is 0 Å². The van der Waals surface area contributed by atoms with Gasteiger partial charge in [-0.2, -0.15) is 0 Å². The van der Waals surface area contributed by atoms with Crippen molar-refractivity contribution >= 4 is 17.5 Å². The third-order valence-electron chi connectivity index (χ3n) is 4.67. The van der Waals surface area contributed by atoms with Crippen LogP contribution in [-0.2, 0) is 0 Å². The van der Waals surface area contributed by atoms with E-state index >= 15 is 0 Å². The lowest BCUT2D eigenvalue weighted by molar-refractivity contribution is 0.0707. The fraction of sp³-hybridized carbons (Fsp3) is 0.400. The van der Waals surface area contributed by atoms with E-state index in [2.05, 4.69) is 31.0 Å². The van der Waals surface area contributed by atoms with E-state index in [9.17, 15) is 4.79 Å². The second-order valence-corrected chi connectivity index (χ2v) is 7.20. The van der Waals surface area contributed by atoms with Crippen LogP contribution in [0.2, 0.25) is 5.02 Å². The van der Waals surface area contributed by atoms with Gasteiger partial charge in [-0.15, -0.1) is 0 Å². The van der Waals surface area contributed by atoms with Gasteiger partial charge in [0.05, 0.1) is 0 Å². The zero-order valence-electron chi connectivity index (χ0n) is 14.2. The number of benzene rings is 1. The van der Waals surface area contributed by atoms with E-state index in [0.717, 1.165) is 42.2 Å². The number of aromatic nitrogens is 1. The Morgan fingerprint density at radius 2 is 2.00 bits per heavy atom. The molecule has 2 aromatic rings. The lowest BCUT2D eigenvalue weighted by Crippen LogP contribution is -2.39. The van der Waals surface area contributed by atoms with E-state index in [1.165, 1.54) is 5.56 Å². The Balaban J connectivity index is 1.75. The molecule has 4 heteroatoms. The van der Waals surface area contributed by atoms with Gasteiger partial charge < -0.3 is 4.90 Å². The summed E-state index contributed by atoms with van der Waals surface area (Å²) in [5, 5.41) is 0.750. The third kappa shape index (κ3) is 3.78. The molecule has 0 saturated carbocycles. The number of halogens is 1. The maximum atomic E-state index is 12.9. The summed E-state index contributed by atoms with van der Waals surface area (Å²) < 4.78 is 0. The SMILES string of the molecule is CC(C)c1cc(C(=O)N2CCC[C@H](c3ccc(Cl)cc3)C2)ccn1. The minimum atomic E-state index is 0.109. The molecule has 0 aliphatic carbocycles. The van der Waals surface area contributed by atoms with E-state index in [1.807, 2.05) is 29.2 Å². The van der Waals surface area contributed by atoms with Crippen molar-refractivity contribution in [3.8, 4) is 0 Å². The summed E-state index contributed by atoms with van der Waals surface area (Å²) >= 11 is 5.98. The van der Waals surface area contributed by atoms with Gasteiger partial charge in [-0.05, 0) is 48.6 Å². The second-order valence-electron chi connectivity index (χ2n) is 6.77. The van der Waals surface area contributed by atoms with Crippen molar-refractivity contribution in [2.24, 2.45) is 0 Å². The zero-order valence-corrected chi connectivity index (χ0v) is 15.0. The fourth-order valence-electron chi connectivity index (χ4n) is 3.25. The molecule has 1 amide bonds. The number of likely N-dealkylation sites (tertiary alicyclic amines) is 1. The van der Waals surface area contributed by atoms with Gasteiger partial charge in [-0.3, -0.25) is 9.78 Å². The van der Waals surface area contributed by atoms with Crippen LogP contribution in [0.15, 0.2) is 42.6 Å². The van der Waals surface area contributed by atoms with Crippen LogP contribution in [0.5, 0.6) is 0 Å². The molecule has 0 spiro atoms. The van der Waals surface area contributed by atoms with Crippen LogP contribution in [-0.4, -0.2) is 28.9 Å². The Kier molecular flexibility index (Phi) is 5.20. The first-order chi connectivity index (χ1) is 11.5. The maximum Gasteiger partial charge on any atom is 0.253 e. The van der Waals surface area contributed by atoms with Crippen LogP contribution in [0, 0.1) is 0 Å². The molecular formula is C20H23ClN2O. The Morgan fingerprint density at radius 3 is 2.71 bits per heavy atom. The van der Waals surface area contributed by atoms with Gasteiger partial charge in [-0.1, -0.05) is 37.6 Å². The van der Waals surface area contributed by atoms with Gasteiger partial charge in [0.25, 0.3) is 5.91 Å². The predicted molar refractivity (Wildman–Crippen MR) is 97.7 cm³/mol. The molecule has 0 unspecified atom stereocenters. The minimum Gasteiger partial charge on any atom is -0.338 e. The fourth-order valence-corrected chi connectivity index (χ4v) is 3.37. The number of amides is 1. The number of pyridine rings is 1. The number of piperidine rings is 1. The Hall–Kier alpha value is -1.87. The summed E-state index contributed by atoms with van der Waals surface area (Å²) in [7, 11) is 0. The summed E-state index contributed by atoms with van der Waals surface area (Å²) in [6.45, 7) is 5.77. The van der Waals surface area contributed by atoms with Crippen molar-refractivity contribution in [1.29, 1.82) is 0 Å². The van der Waals surface area contributed by atoms with Crippen LogP contribution >= 0.6 is 11.6 Å². The largest absolute Gasteiger partial charge is 0.338 e. The van der Waals surface area contributed by atoms with Crippen LogP contribution in [0.3, 0.4) is 0 Å². The van der Waals surface area contributed by atoms with E-state index in [1.54, 1.807) is 6.20 Å². The first-order valence-corrected chi connectivity index (χ1v) is 8.93. The molecule has 1 aromatic carbocycles. The second kappa shape index (κ2) is 7.35. The number of carbonyl (C=O) groups excluding carboxylic acids is 1. The Labute approximate surface area is 148 Å². The van der Waals surface area contributed by atoms with Crippen molar-refractivity contribution in [3.05, 3.63) is 64.4 Å². The summed E-state index contributed by atoms with van der Waals surface area (Å²) in [5.74, 6) is 0.810. The number of hydrogen-bond donors (Lipinski definition) is 0. The molecule has 1 aromatic heterocycles. The lowest BCUT2D eigenvalue weighted by atomic mass is 9.90.